The molecule has 0 saturated heterocycles. The molecule has 0 bridgehead atoms. The first kappa shape index (κ1) is 10.5. The predicted octanol–water partition coefficient (Wildman–Crippen LogP) is 2.26. The highest BCUT2D eigenvalue weighted by Gasteiger charge is 1.98. The summed E-state index contributed by atoms with van der Waals surface area (Å²) < 4.78 is 1.11. The average molecular weight is 215 g/mol. The molecular formula is C8H13N3S2. The van der Waals surface area contributed by atoms with Crippen LogP contribution in [0.5, 0.6) is 0 Å². The summed E-state index contributed by atoms with van der Waals surface area (Å²) in [5.41, 5.74) is 6.32. The SMILES string of the molecule is Cc1csc(SCCCC(=N)N)n1. The molecule has 0 aliphatic carbocycles. The van der Waals surface area contributed by atoms with Gasteiger partial charge in [0.1, 0.15) is 4.34 Å². The predicted molar refractivity (Wildman–Crippen MR) is 58.7 cm³/mol. The second kappa shape index (κ2) is 5.24. The molecule has 3 N–H and O–H groups in total. The van der Waals surface area contributed by atoms with Gasteiger partial charge in [0.15, 0.2) is 0 Å². The molecule has 72 valence electrons. The molecule has 0 fully saturated rings. The molecule has 0 atom stereocenters. The van der Waals surface area contributed by atoms with Crippen molar-refractivity contribution in [2.24, 2.45) is 5.73 Å². The maximum atomic E-state index is 7.04. The minimum atomic E-state index is 0.274. The van der Waals surface area contributed by atoms with Crippen molar-refractivity contribution in [1.82, 2.24) is 4.98 Å². The number of thiazole rings is 1. The van der Waals surface area contributed by atoms with Gasteiger partial charge in [-0.1, -0.05) is 11.8 Å². The summed E-state index contributed by atoms with van der Waals surface area (Å²) in [6.45, 7) is 2.00. The van der Waals surface area contributed by atoms with Gasteiger partial charge in [0.25, 0.3) is 0 Å². The van der Waals surface area contributed by atoms with E-state index in [9.17, 15) is 0 Å². The highest BCUT2D eigenvalue weighted by molar-refractivity contribution is 8.00. The second-order valence-electron chi connectivity index (χ2n) is 2.73. The van der Waals surface area contributed by atoms with Crippen molar-refractivity contribution in [2.75, 3.05) is 5.75 Å². The number of hydrogen-bond acceptors (Lipinski definition) is 4. The topological polar surface area (TPSA) is 62.8 Å². The van der Waals surface area contributed by atoms with Gasteiger partial charge < -0.3 is 5.73 Å². The zero-order valence-corrected chi connectivity index (χ0v) is 9.17. The first-order valence-electron chi connectivity index (χ1n) is 4.06. The van der Waals surface area contributed by atoms with E-state index >= 15 is 0 Å². The van der Waals surface area contributed by atoms with Crippen LogP contribution in [-0.4, -0.2) is 16.6 Å². The number of amidine groups is 1. The zero-order valence-electron chi connectivity index (χ0n) is 7.54. The number of rotatable bonds is 5. The van der Waals surface area contributed by atoms with Gasteiger partial charge in [-0.3, -0.25) is 5.41 Å². The standard InChI is InChI=1S/C8H13N3S2/c1-6-5-13-8(11-6)12-4-2-3-7(9)10/h5H,2-4H2,1H3,(H3,9,10). The summed E-state index contributed by atoms with van der Waals surface area (Å²) in [5, 5.41) is 9.09. The molecule has 0 radical (unpaired) electrons. The lowest BCUT2D eigenvalue weighted by molar-refractivity contribution is 0.986. The lowest BCUT2D eigenvalue weighted by Gasteiger charge is -1.96. The summed E-state index contributed by atoms with van der Waals surface area (Å²) in [5.74, 6) is 1.27. The summed E-state index contributed by atoms with van der Waals surface area (Å²) in [6, 6.07) is 0. The summed E-state index contributed by atoms with van der Waals surface area (Å²) >= 11 is 3.41. The second-order valence-corrected chi connectivity index (χ2v) is 4.93. The Bertz CT molecular complexity index is 283. The number of thioether (sulfide) groups is 1. The largest absolute Gasteiger partial charge is 0.388 e. The molecule has 1 aromatic rings. The monoisotopic (exact) mass is 215 g/mol. The molecule has 1 aromatic heterocycles. The van der Waals surface area contributed by atoms with Gasteiger partial charge >= 0.3 is 0 Å². The molecule has 0 unspecified atom stereocenters. The molecule has 0 amide bonds. The first-order valence-corrected chi connectivity index (χ1v) is 5.93. The van der Waals surface area contributed by atoms with Gasteiger partial charge in [0.05, 0.1) is 5.84 Å². The van der Waals surface area contributed by atoms with Crippen molar-refractivity contribution in [1.29, 1.82) is 5.41 Å². The number of nitrogens with two attached hydrogens (primary N) is 1. The Hall–Kier alpha value is -0.550. The van der Waals surface area contributed by atoms with Crippen molar-refractivity contribution in [2.45, 2.75) is 24.1 Å². The smallest absolute Gasteiger partial charge is 0.150 e. The summed E-state index contributed by atoms with van der Waals surface area (Å²) in [7, 11) is 0. The van der Waals surface area contributed by atoms with Gasteiger partial charge in [-0.15, -0.1) is 11.3 Å². The minimum Gasteiger partial charge on any atom is -0.388 e. The highest BCUT2D eigenvalue weighted by Crippen LogP contribution is 2.22. The first-order chi connectivity index (χ1) is 6.18. The van der Waals surface area contributed by atoms with Crippen LogP contribution in [0.4, 0.5) is 0 Å². The minimum absolute atomic E-state index is 0.274. The number of nitrogens with zero attached hydrogens (tertiary/aromatic N) is 1. The van der Waals surface area contributed by atoms with Crippen LogP contribution in [-0.2, 0) is 0 Å². The molecule has 0 aliphatic heterocycles. The molecular weight excluding hydrogens is 202 g/mol. The Morgan fingerprint density at radius 2 is 2.54 bits per heavy atom. The molecule has 0 aromatic carbocycles. The molecule has 1 heterocycles. The van der Waals surface area contributed by atoms with E-state index in [4.69, 9.17) is 11.1 Å². The fraction of sp³-hybridized carbons (Fsp3) is 0.500. The molecule has 0 spiro atoms. The van der Waals surface area contributed by atoms with E-state index in [2.05, 4.69) is 4.98 Å². The van der Waals surface area contributed by atoms with Crippen molar-refractivity contribution in [3.8, 4) is 0 Å². The molecule has 1 rings (SSSR count). The van der Waals surface area contributed by atoms with E-state index in [-0.39, 0.29) is 5.84 Å². The lowest BCUT2D eigenvalue weighted by atomic mass is 10.3. The Balaban J connectivity index is 2.16. The van der Waals surface area contributed by atoms with Gasteiger partial charge in [-0.2, -0.15) is 0 Å². The maximum absolute atomic E-state index is 7.04. The van der Waals surface area contributed by atoms with Crippen LogP contribution in [0, 0.1) is 12.3 Å². The van der Waals surface area contributed by atoms with Crippen LogP contribution in [0.25, 0.3) is 0 Å². The van der Waals surface area contributed by atoms with Crippen molar-refractivity contribution in [3.05, 3.63) is 11.1 Å². The Labute approximate surface area is 86.3 Å². The maximum Gasteiger partial charge on any atom is 0.150 e. The van der Waals surface area contributed by atoms with E-state index in [0.29, 0.717) is 6.42 Å². The van der Waals surface area contributed by atoms with Crippen LogP contribution >= 0.6 is 23.1 Å². The van der Waals surface area contributed by atoms with E-state index in [0.717, 1.165) is 22.2 Å². The van der Waals surface area contributed by atoms with Crippen LogP contribution in [0.2, 0.25) is 0 Å². The third-order valence-corrected chi connectivity index (χ3v) is 3.64. The van der Waals surface area contributed by atoms with Crippen molar-refractivity contribution >= 4 is 28.9 Å². The molecule has 0 aliphatic rings. The third-order valence-electron chi connectivity index (χ3n) is 1.41. The van der Waals surface area contributed by atoms with E-state index in [1.165, 1.54) is 0 Å². The van der Waals surface area contributed by atoms with Crippen molar-refractivity contribution < 1.29 is 0 Å². The van der Waals surface area contributed by atoms with E-state index in [1.807, 2.05) is 12.3 Å². The van der Waals surface area contributed by atoms with E-state index in [1.54, 1.807) is 23.1 Å². The quantitative estimate of drug-likeness (QED) is 0.343. The Morgan fingerprint density at radius 1 is 1.77 bits per heavy atom. The molecule has 5 heteroatoms. The lowest BCUT2D eigenvalue weighted by Crippen LogP contribution is -2.08. The fourth-order valence-corrected chi connectivity index (χ4v) is 2.68. The van der Waals surface area contributed by atoms with Crippen LogP contribution in [0.15, 0.2) is 9.72 Å². The number of aryl methyl sites for hydroxylation is 1. The Kier molecular flexibility index (Phi) is 4.24. The molecule has 0 saturated carbocycles. The zero-order chi connectivity index (χ0) is 9.68. The highest BCUT2D eigenvalue weighted by atomic mass is 32.2. The molecule has 13 heavy (non-hydrogen) atoms. The van der Waals surface area contributed by atoms with Gasteiger partial charge in [-0.25, -0.2) is 4.98 Å². The van der Waals surface area contributed by atoms with Gasteiger partial charge in [-0.05, 0) is 13.3 Å². The fourth-order valence-electron chi connectivity index (χ4n) is 0.821. The van der Waals surface area contributed by atoms with Crippen LogP contribution in [0.3, 0.4) is 0 Å². The van der Waals surface area contributed by atoms with Crippen molar-refractivity contribution in [3.63, 3.8) is 0 Å². The number of nitrogens with one attached hydrogen (secondary N) is 1. The van der Waals surface area contributed by atoms with E-state index < -0.39 is 0 Å². The average Bonchev–Trinajstić information content (AvgIpc) is 2.45. The summed E-state index contributed by atoms with van der Waals surface area (Å²) in [6.07, 6.45) is 1.65. The van der Waals surface area contributed by atoms with Gasteiger partial charge in [0.2, 0.25) is 0 Å². The molecule has 3 nitrogen and oxygen atoms in total. The Morgan fingerprint density at radius 3 is 3.08 bits per heavy atom. The van der Waals surface area contributed by atoms with Crippen LogP contribution < -0.4 is 5.73 Å². The number of aromatic nitrogens is 1. The number of hydrogen-bond donors (Lipinski definition) is 2. The normalized spacial score (nSPS) is 10.2. The van der Waals surface area contributed by atoms with Gasteiger partial charge in [0, 0.05) is 23.2 Å². The summed E-state index contributed by atoms with van der Waals surface area (Å²) in [4.78, 5) is 4.32. The van der Waals surface area contributed by atoms with Crippen LogP contribution in [0.1, 0.15) is 18.5 Å². The third kappa shape index (κ3) is 4.28.